The summed E-state index contributed by atoms with van der Waals surface area (Å²) < 4.78 is 18.7. The fraction of sp³-hybridized carbons (Fsp3) is 0.462. The number of hydrogen-bond donors (Lipinski definition) is 1. The van der Waals surface area contributed by atoms with Crippen molar-refractivity contribution in [2.24, 2.45) is 5.92 Å². The van der Waals surface area contributed by atoms with E-state index in [2.05, 4.69) is 21.2 Å². The highest BCUT2D eigenvalue weighted by atomic mass is 79.9. The molecule has 0 spiro atoms. The molecule has 98 valence electrons. The summed E-state index contributed by atoms with van der Waals surface area (Å²) in [6.07, 6.45) is 2.12. The van der Waals surface area contributed by atoms with Gasteiger partial charge in [-0.3, -0.25) is 4.79 Å². The van der Waals surface area contributed by atoms with Crippen LogP contribution in [0.1, 0.15) is 23.2 Å². The summed E-state index contributed by atoms with van der Waals surface area (Å²) in [4.78, 5) is 11.9. The Hall–Kier alpha value is -0.940. The molecule has 1 N–H and O–H groups in total. The van der Waals surface area contributed by atoms with Gasteiger partial charge in [-0.15, -0.1) is 0 Å². The summed E-state index contributed by atoms with van der Waals surface area (Å²) in [6, 6.07) is 4.05. The molecule has 0 aliphatic carbocycles. The minimum atomic E-state index is -0.362. The van der Waals surface area contributed by atoms with Gasteiger partial charge in [-0.25, -0.2) is 4.39 Å². The Morgan fingerprint density at radius 3 is 3.06 bits per heavy atom. The van der Waals surface area contributed by atoms with Crippen molar-refractivity contribution in [2.45, 2.75) is 12.8 Å². The van der Waals surface area contributed by atoms with Crippen LogP contribution in [-0.4, -0.2) is 25.7 Å². The fourth-order valence-corrected chi connectivity index (χ4v) is 2.51. The van der Waals surface area contributed by atoms with Crippen LogP contribution in [-0.2, 0) is 4.74 Å². The van der Waals surface area contributed by atoms with Crippen LogP contribution in [0.15, 0.2) is 22.7 Å². The first-order valence-electron chi connectivity index (χ1n) is 5.98. The molecule has 1 saturated heterocycles. The van der Waals surface area contributed by atoms with Gasteiger partial charge in [0.2, 0.25) is 0 Å². The highest BCUT2D eigenvalue weighted by Crippen LogP contribution is 2.18. The molecule has 0 radical (unpaired) electrons. The Kier molecular flexibility index (Phi) is 4.72. The molecule has 1 aromatic rings. The molecule has 18 heavy (non-hydrogen) atoms. The lowest BCUT2D eigenvalue weighted by molar-refractivity contribution is 0.0536. The summed E-state index contributed by atoms with van der Waals surface area (Å²) in [6.45, 7) is 2.11. The lowest BCUT2D eigenvalue weighted by Gasteiger charge is -2.22. The number of amides is 1. The summed E-state index contributed by atoms with van der Waals surface area (Å²) >= 11 is 3.19. The van der Waals surface area contributed by atoms with Crippen LogP contribution in [0, 0.1) is 11.7 Å². The van der Waals surface area contributed by atoms with Crippen molar-refractivity contribution >= 4 is 21.8 Å². The zero-order valence-corrected chi connectivity index (χ0v) is 11.5. The number of hydrogen-bond acceptors (Lipinski definition) is 2. The highest BCUT2D eigenvalue weighted by Gasteiger charge is 2.16. The largest absolute Gasteiger partial charge is 0.381 e. The van der Waals surface area contributed by atoms with Crippen LogP contribution in [0.4, 0.5) is 4.39 Å². The van der Waals surface area contributed by atoms with Crippen molar-refractivity contribution in [3.8, 4) is 0 Å². The van der Waals surface area contributed by atoms with Crippen LogP contribution in [0.2, 0.25) is 0 Å². The maximum absolute atomic E-state index is 12.9. The van der Waals surface area contributed by atoms with Gasteiger partial charge in [0.25, 0.3) is 5.91 Å². The number of benzene rings is 1. The third-order valence-electron chi connectivity index (χ3n) is 2.98. The van der Waals surface area contributed by atoms with Crippen LogP contribution in [0.5, 0.6) is 0 Å². The molecule has 3 nitrogen and oxygen atoms in total. The molecule has 1 aromatic carbocycles. The maximum atomic E-state index is 12.9. The van der Waals surface area contributed by atoms with Crippen molar-refractivity contribution in [1.29, 1.82) is 0 Å². The van der Waals surface area contributed by atoms with Gasteiger partial charge in [0.1, 0.15) is 5.82 Å². The minimum Gasteiger partial charge on any atom is -0.381 e. The molecule has 1 atom stereocenters. The van der Waals surface area contributed by atoms with Crippen molar-refractivity contribution < 1.29 is 13.9 Å². The van der Waals surface area contributed by atoms with E-state index < -0.39 is 0 Å². The number of ether oxygens (including phenoxy) is 1. The van der Waals surface area contributed by atoms with Crippen LogP contribution < -0.4 is 5.32 Å². The highest BCUT2D eigenvalue weighted by molar-refractivity contribution is 9.10. The Morgan fingerprint density at radius 1 is 1.56 bits per heavy atom. The van der Waals surface area contributed by atoms with Crippen LogP contribution in [0.25, 0.3) is 0 Å². The predicted molar refractivity (Wildman–Crippen MR) is 70.0 cm³/mol. The molecule has 1 aliphatic rings. The minimum absolute atomic E-state index is 0.188. The molecule has 0 saturated carbocycles. The average Bonchev–Trinajstić information content (AvgIpc) is 2.37. The monoisotopic (exact) mass is 315 g/mol. The number of carbonyl (C=O) groups excluding carboxylic acids is 1. The average molecular weight is 316 g/mol. The summed E-state index contributed by atoms with van der Waals surface area (Å²) in [5.74, 6) is -0.173. The third-order valence-corrected chi connectivity index (χ3v) is 3.64. The number of halogens is 2. The quantitative estimate of drug-likeness (QED) is 0.931. The van der Waals surface area contributed by atoms with Crippen molar-refractivity contribution in [1.82, 2.24) is 5.32 Å². The van der Waals surface area contributed by atoms with Crippen LogP contribution >= 0.6 is 15.9 Å². The van der Waals surface area contributed by atoms with E-state index in [4.69, 9.17) is 4.74 Å². The van der Waals surface area contributed by atoms with E-state index in [1.807, 2.05) is 0 Å². The lowest BCUT2D eigenvalue weighted by Crippen LogP contribution is -2.33. The van der Waals surface area contributed by atoms with Crippen LogP contribution in [0.3, 0.4) is 0 Å². The summed E-state index contributed by atoms with van der Waals surface area (Å²) in [5.41, 5.74) is 0.452. The van der Waals surface area contributed by atoms with E-state index >= 15 is 0 Å². The van der Waals surface area contributed by atoms with Gasteiger partial charge in [-0.05, 0) is 52.9 Å². The van der Waals surface area contributed by atoms with Crippen molar-refractivity contribution in [3.05, 3.63) is 34.1 Å². The van der Waals surface area contributed by atoms with E-state index in [-0.39, 0.29) is 11.7 Å². The number of carbonyl (C=O) groups is 1. The Balaban J connectivity index is 1.90. The van der Waals surface area contributed by atoms with E-state index in [0.29, 0.717) is 29.1 Å². The SMILES string of the molecule is O=C(NCC1CCCOC1)c1ccc(F)cc1Br. The van der Waals surface area contributed by atoms with Gasteiger partial charge in [0, 0.05) is 17.6 Å². The molecule has 2 rings (SSSR count). The third kappa shape index (κ3) is 3.53. The molecule has 1 fully saturated rings. The van der Waals surface area contributed by atoms with Gasteiger partial charge < -0.3 is 10.1 Å². The smallest absolute Gasteiger partial charge is 0.252 e. The Bertz CT molecular complexity index is 433. The lowest BCUT2D eigenvalue weighted by atomic mass is 10.0. The maximum Gasteiger partial charge on any atom is 0.252 e. The molecular formula is C13H15BrFNO2. The normalized spacial score (nSPS) is 19.6. The van der Waals surface area contributed by atoms with E-state index in [0.717, 1.165) is 19.4 Å². The predicted octanol–water partition coefficient (Wildman–Crippen LogP) is 2.74. The number of nitrogens with one attached hydrogen (secondary N) is 1. The summed E-state index contributed by atoms with van der Waals surface area (Å²) in [7, 11) is 0. The first-order valence-corrected chi connectivity index (χ1v) is 6.77. The standard InChI is InChI=1S/C13H15BrFNO2/c14-12-6-10(15)3-4-11(12)13(17)16-7-9-2-1-5-18-8-9/h3-4,6,9H,1-2,5,7-8H2,(H,16,17). The molecule has 1 unspecified atom stereocenters. The van der Waals surface area contributed by atoms with Crippen molar-refractivity contribution in [3.63, 3.8) is 0 Å². The molecule has 0 aromatic heterocycles. The molecule has 1 amide bonds. The molecule has 0 bridgehead atoms. The Labute approximate surface area is 114 Å². The second kappa shape index (κ2) is 6.29. The molecule has 1 heterocycles. The van der Waals surface area contributed by atoms with Gasteiger partial charge in [0.05, 0.1) is 12.2 Å². The topological polar surface area (TPSA) is 38.3 Å². The van der Waals surface area contributed by atoms with E-state index in [1.165, 1.54) is 18.2 Å². The van der Waals surface area contributed by atoms with Gasteiger partial charge in [-0.2, -0.15) is 0 Å². The van der Waals surface area contributed by atoms with E-state index in [9.17, 15) is 9.18 Å². The van der Waals surface area contributed by atoms with Gasteiger partial charge in [0.15, 0.2) is 0 Å². The summed E-state index contributed by atoms with van der Waals surface area (Å²) in [5, 5.41) is 2.86. The first kappa shape index (κ1) is 13.5. The van der Waals surface area contributed by atoms with Gasteiger partial charge >= 0.3 is 0 Å². The van der Waals surface area contributed by atoms with Gasteiger partial charge in [-0.1, -0.05) is 0 Å². The fourth-order valence-electron chi connectivity index (χ4n) is 1.97. The second-order valence-electron chi connectivity index (χ2n) is 4.42. The van der Waals surface area contributed by atoms with E-state index in [1.54, 1.807) is 0 Å². The zero-order chi connectivity index (χ0) is 13.0. The molecule has 5 heteroatoms. The number of rotatable bonds is 3. The second-order valence-corrected chi connectivity index (χ2v) is 5.27. The Morgan fingerprint density at radius 2 is 2.39 bits per heavy atom. The zero-order valence-electron chi connectivity index (χ0n) is 9.92. The van der Waals surface area contributed by atoms with Crippen molar-refractivity contribution in [2.75, 3.05) is 19.8 Å². The first-order chi connectivity index (χ1) is 8.66. The molecule has 1 aliphatic heterocycles. The molecular weight excluding hydrogens is 301 g/mol.